The summed E-state index contributed by atoms with van der Waals surface area (Å²) in [6, 6.07) is 5.47. The lowest BCUT2D eigenvalue weighted by molar-refractivity contribution is 0.0938. The Morgan fingerprint density at radius 2 is 2.41 bits per heavy atom. The number of carbonyl (C=O) groups excluding carboxylic acids is 1. The molecule has 0 bridgehead atoms. The van der Waals surface area contributed by atoms with E-state index in [0.717, 1.165) is 17.9 Å². The summed E-state index contributed by atoms with van der Waals surface area (Å²) in [7, 11) is 1.52. The highest BCUT2D eigenvalue weighted by atomic mass is 32.2. The molecule has 1 amide bonds. The molecule has 0 aliphatic carbocycles. The highest BCUT2D eigenvalue weighted by Gasteiger charge is 2.21. The van der Waals surface area contributed by atoms with Crippen LogP contribution < -0.4 is 15.8 Å². The van der Waals surface area contributed by atoms with E-state index in [1.54, 1.807) is 18.2 Å². The first-order chi connectivity index (χ1) is 8.22. The molecule has 1 saturated heterocycles. The highest BCUT2D eigenvalue weighted by Crippen LogP contribution is 2.26. The largest absolute Gasteiger partial charge is 0.494 e. The van der Waals surface area contributed by atoms with Crippen molar-refractivity contribution in [2.75, 3.05) is 24.3 Å². The summed E-state index contributed by atoms with van der Waals surface area (Å²) in [5.41, 5.74) is 6.76. The van der Waals surface area contributed by atoms with E-state index in [2.05, 4.69) is 5.32 Å². The van der Waals surface area contributed by atoms with Gasteiger partial charge in [-0.2, -0.15) is 11.8 Å². The van der Waals surface area contributed by atoms with Crippen LogP contribution in [0.1, 0.15) is 16.8 Å². The number of nitrogen functional groups attached to an aromatic ring is 1. The van der Waals surface area contributed by atoms with Crippen LogP contribution in [-0.2, 0) is 0 Å². The van der Waals surface area contributed by atoms with Gasteiger partial charge in [0.2, 0.25) is 0 Å². The average Bonchev–Trinajstić information content (AvgIpc) is 2.81. The van der Waals surface area contributed by atoms with Crippen LogP contribution in [0.5, 0.6) is 5.75 Å². The molecule has 1 aliphatic rings. The Hall–Kier alpha value is -1.36. The zero-order chi connectivity index (χ0) is 12.3. The first kappa shape index (κ1) is 12.1. The maximum absolute atomic E-state index is 12.1. The predicted octanol–water partition coefficient (Wildman–Crippen LogP) is 1.51. The van der Waals surface area contributed by atoms with Crippen LogP contribution in [0.25, 0.3) is 0 Å². The van der Waals surface area contributed by atoms with Crippen LogP contribution in [0.3, 0.4) is 0 Å². The van der Waals surface area contributed by atoms with Crippen molar-refractivity contribution >= 4 is 23.4 Å². The van der Waals surface area contributed by atoms with E-state index in [1.807, 2.05) is 11.8 Å². The molecule has 0 spiro atoms. The van der Waals surface area contributed by atoms with Gasteiger partial charge in [0, 0.05) is 11.8 Å². The molecule has 5 heteroatoms. The zero-order valence-corrected chi connectivity index (χ0v) is 10.5. The number of hydrogen-bond acceptors (Lipinski definition) is 4. The topological polar surface area (TPSA) is 64.3 Å². The molecule has 1 heterocycles. The summed E-state index contributed by atoms with van der Waals surface area (Å²) in [5, 5.41) is 3.00. The molecule has 1 aliphatic heterocycles. The van der Waals surface area contributed by atoms with Gasteiger partial charge in [-0.25, -0.2) is 0 Å². The zero-order valence-electron chi connectivity index (χ0n) is 9.73. The van der Waals surface area contributed by atoms with Crippen molar-refractivity contribution < 1.29 is 9.53 Å². The first-order valence-corrected chi connectivity index (χ1v) is 6.69. The number of nitrogens with one attached hydrogen (secondary N) is 1. The van der Waals surface area contributed by atoms with Gasteiger partial charge in [0.25, 0.3) is 5.91 Å². The van der Waals surface area contributed by atoms with E-state index in [4.69, 9.17) is 10.5 Å². The number of thioether (sulfide) groups is 1. The van der Waals surface area contributed by atoms with Gasteiger partial charge >= 0.3 is 0 Å². The average molecular weight is 252 g/mol. The molecule has 3 N–H and O–H groups in total. The Kier molecular flexibility index (Phi) is 3.78. The summed E-state index contributed by atoms with van der Waals surface area (Å²) in [5.74, 6) is 2.44. The SMILES string of the molecule is COc1c(N)cccc1C(=O)NC1CCSC1. The number of benzene rings is 1. The van der Waals surface area contributed by atoms with Gasteiger partial charge in [-0.1, -0.05) is 6.07 Å². The Balaban J connectivity index is 2.15. The van der Waals surface area contributed by atoms with E-state index < -0.39 is 0 Å². The lowest BCUT2D eigenvalue weighted by Crippen LogP contribution is -2.34. The molecule has 2 rings (SSSR count). The number of carbonyl (C=O) groups is 1. The number of amides is 1. The van der Waals surface area contributed by atoms with E-state index in [1.165, 1.54) is 7.11 Å². The molecule has 1 aromatic rings. The van der Waals surface area contributed by atoms with Crippen molar-refractivity contribution in [1.82, 2.24) is 5.32 Å². The fourth-order valence-corrected chi connectivity index (χ4v) is 3.03. The fourth-order valence-electron chi connectivity index (χ4n) is 1.87. The van der Waals surface area contributed by atoms with Crippen LogP contribution in [0.15, 0.2) is 18.2 Å². The molecule has 1 atom stereocenters. The van der Waals surface area contributed by atoms with Gasteiger partial charge in [0.1, 0.15) is 0 Å². The second kappa shape index (κ2) is 5.31. The van der Waals surface area contributed by atoms with Crippen molar-refractivity contribution in [1.29, 1.82) is 0 Å². The molecule has 0 aromatic heterocycles. The fraction of sp³-hybridized carbons (Fsp3) is 0.417. The minimum Gasteiger partial charge on any atom is -0.494 e. The highest BCUT2D eigenvalue weighted by molar-refractivity contribution is 7.99. The summed E-state index contributed by atoms with van der Waals surface area (Å²) >= 11 is 1.86. The molecule has 92 valence electrons. The summed E-state index contributed by atoms with van der Waals surface area (Å²) < 4.78 is 5.17. The van der Waals surface area contributed by atoms with Crippen molar-refractivity contribution in [2.24, 2.45) is 0 Å². The first-order valence-electron chi connectivity index (χ1n) is 5.53. The summed E-state index contributed by atoms with van der Waals surface area (Å²) in [6.45, 7) is 0. The summed E-state index contributed by atoms with van der Waals surface area (Å²) in [4.78, 5) is 12.1. The van der Waals surface area contributed by atoms with Crippen molar-refractivity contribution in [3.8, 4) is 5.75 Å². The third-order valence-electron chi connectivity index (χ3n) is 2.76. The van der Waals surface area contributed by atoms with E-state index in [0.29, 0.717) is 17.0 Å². The Morgan fingerprint density at radius 1 is 1.59 bits per heavy atom. The smallest absolute Gasteiger partial charge is 0.255 e. The maximum atomic E-state index is 12.1. The van der Waals surface area contributed by atoms with Gasteiger partial charge in [0.05, 0.1) is 18.4 Å². The molecular formula is C12H16N2O2S. The van der Waals surface area contributed by atoms with Crippen LogP contribution >= 0.6 is 11.8 Å². The van der Waals surface area contributed by atoms with Gasteiger partial charge in [0.15, 0.2) is 5.75 Å². The number of para-hydroxylation sites is 1. The maximum Gasteiger partial charge on any atom is 0.255 e. The van der Waals surface area contributed by atoms with Crippen molar-refractivity contribution in [2.45, 2.75) is 12.5 Å². The molecule has 1 aromatic carbocycles. The van der Waals surface area contributed by atoms with Gasteiger partial charge in [-0.15, -0.1) is 0 Å². The number of anilines is 1. The van der Waals surface area contributed by atoms with Crippen molar-refractivity contribution in [3.63, 3.8) is 0 Å². The van der Waals surface area contributed by atoms with Crippen LogP contribution in [-0.4, -0.2) is 30.6 Å². The Labute approximate surface area is 105 Å². The van der Waals surface area contributed by atoms with Crippen LogP contribution in [0.4, 0.5) is 5.69 Å². The Morgan fingerprint density at radius 3 is 3.06 bits per heavy atom. The second-order valence-electron chi connectivity index (χ2n) is 3.96. The van der Waals surface area contributed by atoms with Gasteiger partial charge < -0.3 is 15.8 Å². The number of nitrogens with two attached hydrogens (primary N) is 1. The quantitative estimate of drug-likeness (QED) is 0.800. The Bertz CT molecular complexity index is 417. The second-order valence-corrected chi connectivity index (χ2v) is 5.11. The molecule has 1 unspecified atom stereocenters. The molecule has 1 fully saturated rings. The van der Waals surface area contributed by atoms with E-state index in [-0.39, 0.29) is 11.9 Å². The van der Waals surface area contributed by atoms with E-state index in [9.17, 15) is 4.79 Å². The number of methoxy groups -OCH3 is 1. The predicted molar refractivity (Wildman–Crippen MR) is 70.6 cm³/mol. The summed E-state index contributed by atoms with van der Waals surface area (Å²) in [6.07, 6.45) is 1.03. The lowest BCUT2D eigenvalue weighted by atomic mass is 10.1. The molecule has 4 nitrogen and oxygen atoms in total. The lowest BCUT2D eigenvalue weighted by Gasteiger charge is -2.14. The number of hydrogen-bond donors (Lipinski definition) is 2. The third kappa shape index (κ3) is 2.66. The van der Waals surface area contributed by atoms with Crippen LogP contribution in [0, 0.1) is 0 Å². The van der Waals surface area contributed by atoms with Crippen LogP contribution in [0.2, 0.25) is 0 Å². The third-order valence-corrected chi connectivity index (χ3v) is 3.92. The van der Waals surface area contributed by atoms with Gasteiger partial charge in [-0.05, 0) is 24.3 Å². The van der Waals surface area contributed by atoms with Gasteiger partial charge in [-0.3, -0.25) is 4.79 Å². The molecule has 0 radical (unpaired) electrons. The minimum absolute atomic E-state index is 0.110. The normalized spacial score (nSPS) is 19.0. The minimum atomic E-state index is -0.110. The number of ether oxygens (including phenoxy) is 1. The van der Waals surface area contributed by atoms with Crippen molar-refractivity contribution in [3.05, 3.63) is 23.8 Å². The molecule has 17 heavy (non-hydrogen) atoms. The molecule has 0 saturated carbocycles. The standard InChI is InChI=1S/C12H16N2O2S/c1-16-11-9(3-2-4-10(11)13)12(15)14-8-5-6-17-7-8/h2-4,8H,5-7,13H2,1H3,(H,14,15). The number of rotatable bonds is 3. The van der Waals surface area contributed by atoms with E-state index >= 15 is 0 Å². The molecular weight excluding hydrogens is 236 g/mol. The monoisotopic (exact) mass is 252 g/mol.